The van der Waals surface area contributed by atoms with E-state index in [0.29, 0.717) is 12.5 Å². The van der Waals surface area contributed by atoms with Crippen LogP contribution in [0.3, 0.4) is 0 Å². The van der Waals surface area contributed by atoms with E-state index >= 15 is 0 Å². The van der Waals surface area contributed by atoms with Crippen LogP contribution in [0.1, 0.15) is 33.6 Å². The molecule has 1 amide bonds. The molecule has 72 valence electrons. The average molecular weight is 189 g/mol. The molecule has 0 aliphatic rings. The van der Waals surface area contributed by atoms with Crippen molar-refractivity contribution in [3.63, 3.8) is 0 Å². The van der Waals surface area contributed by atoms with Crippen LogP contribution in [0.4, 0.5) is 0 Å². The Morgan fingerprint density at radius 2 is 2.17 bits per heavy atom. The van der Waals surface area contributed by atoms with Gasteiger partial charge in [0, 0.05) is 18.2 Å². The average Bonchev–Trinajstić information content (AvgIpc) is 2.01. The van der Waals surface area contributed by atoms with Crippen molar-refractivity contribution in [1.29, 1.82) is 0 Å². The minimum absolute atomic E-state index is 0.182. The summed E-state index contributed by atoms with van der Waals surface area (Å²) in [5, 5.41) is 2.96. The summed E-state index contributed by atoms with van der Waals surface area (Å²) in [5.41, 5.74) is 0. The fraction of sp³-hybridized carbons (Fsp3) is 0.889. The number of hydrogen-bond donors (Lipinski definition) is 1. The van der Waals surface area contributed by atoms with Crippen molar-refractivity contribution in [1.82, 2.24) is 5.32 Å². The van der Waals surface area contributed by atoms with Crippen LogP contribution in [-0.2, 0) is 4.79 Å². The number of thioether (sulfide) groups is 1. The second-order valence-corrected chi connectivity index (χ2v) is 4.20. The maximum absolute atomic E-state index is 11.1. The largest absolute Gasteiger partial charge is 0.353 e. The zero-order chi connectivity index (χ0) is 9.40. The van der Waals surface area contributed by atoms with Crippen LogP contribution in [0.15, 0.2) is 0 Å². The third-order valence-electron chi connectivity index (χ3n) is 1.46. The number of carbonyl (C=O) groups excluding carboxylic acids is 1. The van der Waals surface area contributed by atoms with Crippen molar-refractivity contribution < 1.29 is 4.79 Å². The SMILES string of the molecule is CCCC(=O)NC(C)CSCC. The summed E-state index contributed by atoms with van der Waals surface area (Å²) in [6.45, 7) is 6.20. The first-order valence-electron chi connectivity index (χ1n) is 4.57. The molecule has 0 heterocycles. The number of carbonyl (C=O) groups is 1. The van der Waals surface area contributed by atoms with Gasteiger partial charge in [-0.15, -0.1) is 0 Å². The van der Waals surface area contributed by atoms with E-state index in [0.717, 1.165) is 17.9 Å². The number of rotatable bonds is 6. The molecule has 0 fully saturated rings. The van der Waals surface area contributed by atoms with E-state index in [2.05, 4.69) is 19.2 Å². The van der Waals surface area contributed by atoms with Gasteiger partial charge in [-0.3, -0.25) is 4.79 Å². The summed E-state index contributed by atoms with van der Waals surface area (Å²) < 4.78 is 0. The van der Waals surface area contributed by atoms with E-state index in [1.807, 2.05) is 18.7 Å². The lowest BCUT2D eigenvalue weighted by Crippen LogP contribution is -2.33. The third kappa shape index (κ3) is 6.53. The zero-order valence-electron chi connectivity index (χ0n) is 8.22. The molecular weight excluding hydrogens is 170 g/mol. The van der Waals surface area contributed by atoms with E-state index < -0.39 is 0 Å². The minimum Gasteiger partial charge on any atom is -0.353 e. The van der Waals surface area contributed by atoms with Crippen LogP contribution < -0.4 is 5.32 Å². The fourth-order valence-electron chi connectivity index (χ4n) is 0.910. The summed E-state index contributed by atoms with van der Waals surface area (Å²) in [7, 11) is 0. The van der Waals surface area contributed by atoms with Gasteiger partial charge in [0.05, 0.1) is 0 Å². The van der Waals surface area contributed by atoms with Crippen molar-refractivity contribution >= 4 is 17.7 Å². The van der Waals surface area contributed by atoms with Gasteiger partial charge in [-0.2, -0.15) is 11.8 Å². The molecule has 0 aromatic rings. The fourth-order valence-corrected chi connectivity index (χ4v) is 1.58. The van der Waals surface area contributed by atoms with Crippen molar-refractivity contribution in [2.24, 2.45) is 0 Å². The van der Waals surface area contributed by atoms with Crippen LogP contribution in [0, 0.1) is 0 Å². The predicted molar refractivity (Wildman–Crippen MR) is 55.5 cm³/mol. The van der Waals surface area contributed by atoms with Crippen LogP contribution >= 0.6 is 11.8 Å². The molecular formula is C9H19NOS. The summed E-state index contributed by atoms with van der Waals surface area (Å²) in [6.07, 6.45) is 1.58. The standard InChI is InChI=1S/C9H19NOS/c1-4-6-9(11)10-8(3)7-12-5-2/h8H,4-7H2,1-3H3,(H,10,11). The lowest BCUT2D eigenvalue weighted by Gasteiger charge is -2.12. The van der Waals surface area contributed by atoms with Crippen molar-refractivity contribution in [2.75, 3.05) is 11.5 Å². The molecule has 1 atom stereocenters. The lowest BCUT2D eigenvalue weighted by atomic mass is 10.3. The summed E-state index contributed by atoms with van der Waals surface area (Å²) >= 11 is 1.86. The van der Waals surface area contributed by atoms with Gasteiger partial charge in [0.15, 0.2) is 0 Å². The van der Waals surface area contributed by atoms with Gasteiger partial charge in [-0.25, -0.2) is 0 Å². The van der Waals surface area contributed by atoms with Crippen LogP contribution in [0.2, 0.25) is 0 Å². The first kappa shape index (κ1) is 11.8. The van der Waals surface area contributed by atoms with Gasteiger partial charge >= 0.3 is 0 Å². The molecule has 3 heteroatoms. The maximum Gasteiger partial charge on any atom is 0.220 e. The molecule has 0 radical (unpaired) electrons. The minimum atomic E-state index is 0.182. The Kier molecular flexibility index (Phi) is 7.36. The molecule has 1 N–H and O–H groups in total. The highest BCUT2D eigenvalue weighted by atomic mass is 32.2. The first-order chi connectivity index (χ1) is 5.70. The van der Waals surface area contributed by atoms with Crippen LogP contribution in [0.25, 0.3) is 0 Å². The second kappa shape index (κ2) is 7.47. The maximum atomic E-state index is 11.1. The van der Waals surface area contributed by atoms with Gasteiger partial charge in [0.1, 0.15) is 0 Å². The van der Waals surface area contributed by atoms with Gasteiger partial charge in [0.2, 0.25) is 5.91 Å². The normalized spacial score (nSPS) is 12.6. The van der Waals surface area contributed by atoms with Gasteiger partial charge < -0.3 is 5.32 Å². The molecule has 0 aliphatic carbocycles. The van der Waals surface area contributed by atoms with Crippen molar-refractivity contribution in [3.8, 4) is 0 Å². The van der Waals surface area contributed by atoms with E-state index in [4.69, 9.17) is 0 Å². The monoisotopic (exact) mass is 189 g/mol. The lowest BCUT2D eigenvalue weighted by molar-refractivity contribution is -0.121. The molecule has 0 aromatic carbocycles. The van der Waals surface area contributed by atoms with Crippen LogP contribution in [-0.4, -0.2) is 23.5 Å². The predicted octanol–water partition coefficient (Wildman–Crippen LogP) is 2.04. The molecule has 1 unspecified atom stereocenters. The van der Waals surface area contributed by atoms with Crippen molar-refractivity contribution in [2.45, 2.75) is 39.7 Å². The number of amides is 1. The highest BCUT2D eigenvalue weighted by molar-refractivity contribution is 7.99. The Bertz CT molecular complexity index is 128. The third-order valence-corrected chi connectivity index (χ3v) is 2.60. The molecule has 0 spiro atoms. The first-order valence-corrected chi connectivity index (χ1v) is 5.73. The molecule has 12 heavy (non-hydrogen) atoms. The summed E-state index contributed by atoms with van der Waals surface area (Å²) in [4.78, 5) is 11.1. The Hall–Kier alpha value is -0.180. The van der Waals surface area contributed by atoms with E-state index in [9.17, 15) is 4.79 Å². The van der Waals surface area contributed by atoms with Crippen LogP contribution in [0.5, 0.6) is 0 Å². The zero-order valence-corrected chi connectivity index (χ0v) is 9.04. The Labute approximate surface area is 79.5 Å². The van der Waals surface area contributed by atoms with E-state index in [1.165, 1.54) is 0 Å². The Morgan fingerprint density at radius 1 is 1.50 bits per heavy atom. The molecule has 0 bridgehead atoms. The Balaban J connectivity index is 3.40. The highest BCUT2D eigenvalue weighted by Crippen LogP contribution is 2.01. The molecule has 0 aliphatic heterocycles. The Morgan fingerprint density at radius 3 is 2.67 bits per heavy atom. The van der Waals surface area contributed by atoms with Gasteiger partial charge in [-0.05, 0) is 19.1 Å². The topological polar surface area (TPSA) is 29.1 Å². The van der Waals surface area contributed by atoms with Gasteiger partial charge in [0.25, 0.3) is 0 Å². The number of nitrogens with one attached hydrogen (secondary N) is 1. The molecule has 0 rings (SSSR count). The molecule has 0 saturated carbocycles. The highest BCUT2D eigenvalue weighted by Gasteiger charge is 2.04. The smallest absolute Gasteiger partial charge is 0.220 e. The summed E-state index contributed by atoms with van der Waals surface area (Å²) in [5.74, 6) is 2.32. The molecule has 2 nitrogen and oxygen atoms in total. The summed E-state index contributed by atoms with van der Waals surface area (Å²) in [6, 6.07) is 0.314. The van der Waals surface area contributed by atoms with E-state index in [-0.39, 0.29) is 5.91 Å². The molecule has 0 saturated heterocycles. The second-order valence-electron chi connectivity index (χ2n) is 2.88. The molecule has 0 aromatic heterocycles. The number of hydrogen-bond acceptors (Lipinski definition) is 2. The van der Waals surface area contributed by atoms with E-state index in [1.54, 1.807) is 0 Å². The van der Waals surface area contributed by atoms with Crippen molar-refractivity contribution in [3.05, 3.63) is 0 Å². The quantitative estimate of drug-likeness (QED) is 0.693. The van der Waals surface area contributed by atoms with Gasteiger partial charge in [-0.1, -0.05) is 13.8 Å².